The third kappa shape index (κ3) is 5.07. The number of nitrogens with zero attached hydrogens (tertiary/aromatic N) is 1. The second kappa shape index (κ2) is 7.51. The van der Waals surface area contributed by atoms with Gasteiger partial charge in [-0.05, 0) is 31.0 Å². The summed E-state index contributed by atoms with van der Waals surface area (Å²) in [6, 6.07) is 6.04. The Hall–Kier alpha value is -1.91. The number of benzene rings is 1. The Morgan fingerprint density at radius 1 is 1.26 bits per heavy atom. The van der Waals surface area contributed by atoms with Crippen LogP contribution in [0.4, 0.5) is 4.39 Å². The molecule has 0 aromatic heterocycles. The molecular formula is C14H18FNO3. The van der Waals surface area contributed by atoms with Gasteiger partial charge in [0.2, 0.25) is 5.91 Å². The van der Waals surface area contributed by atoms with Crippen LogP contribution in [0.25, 0.3) is 0 Å². The monoisotopic (exact) mass is 267 g/mol. The first-order chi connectivity index (χ1) is 9.06. The molecule has 0 bridgehead atoms. The van der Waals surface area contributed by atoms with Crippen LogP contribution in [0.1, 0.15) is 18.9 Å². The smallest absolute Gasteiger partial charge is 0.325 e. The predicted octanol–water partition coefficient (Wildman–Crippen LogP) is 1.78. The van der Waals surface area contributed by atoms with Crippen molar-refractivity contribution in [2.45, 2.75) is 19.8 Å². The van der Waals surface area contributed by atoms with Crippen LogP contribution in [-0.2, 0) is 20.7 Å². The van der Waals surface area contributed by atoms with Crippen LogP contribution in [0.5, 0.6) is 0 Å². The van der Waals surface area contributed by atoms with Crippen molar-refractivity contribution >= 4 is 11.9 Å². The van der Waals surface area contributed by atoms with Gasteiger partial charge in [0.25, 0.3) is 0 Å². The van der Waals surface area contributed by atoms with Gasteiger partial charge < -0.3 is 9.64 Å². The molecule has 0 fully saturated rings. The third-order valence-electron chi connectivity index (χ3n) is 2.82. The van der Waals surface area contributed by atoms with Crippen molar-refractivity contribution in [1.82, 2.24) is 4.90 Å². The topological polar surface area (TPSA) is 46.6 Å². The molecule has 0 aliphatic rings. The molecule has 0 spiro atoms. The normalized spacial score (nSPS) is 10.1. The summed E-state index contributed by atoms with van der Waals surface area (Å²) in [6.45, 7) is 2.23. The van der Waals surface area contributed by atoms with Crippen molar-refractivity contribution in [2.75, 3.05) is 20.2 Å². The highest BCUT2D eigenvalue weighted by Gasteiger charge is 2.15. The molecule has 0 heterocycles. The number of esters is 1. The largest absolute Gasteiger partial charge is 0.468 e. The summed E-state index contributed by atoms with van der Waals surface area (Å²) in [5, 5.41) is 0. The highest BCUT2D eigenvalue weighted by molar-refractivity contribution is 5.82. The van der Waals surface area contributed by atoms with E-state index in [1.54, 1.807) is 19.1 Å². The molecule has 0 saturated carbocycles. The lowest BCUT2D eigenvalue weighted by Crippen LogP contribution is -2.36. The minimum Gasteiger partial charge on any atom is -0.468 e. The quantitative estimate of drug-likeness (QED) is 0.738. The fourth-order valence-electron chi connectivity index (χ4n) is 1.66. The van der Waals surface area contributed by atoms with E-state index in [1.807, 2.05) is 0 Å². The number of amides is 1. The fraction of sp³-hybridized carbons (Fsp3) is 0.429. The Morgan fingerprint density at radius 2 is 1.89 bits per heavy atom. The molecule has 104 valence electrons. The summed E-state index contributed by atoms with van der Waals surface area (Å²) in [5.41, 5.74) is 0.892. The first-order valence-electron chi connectivity index (χ1n) is 6.15. The molecule has 0 saturated heterocycles. The lowest BCUT2D eigenvalue weighted by Gasteiger charge is -2.19. The maximum atomic E-state index is 12.7. The molecule has 0 aliphatic heterocycles. The van der Waals surface area contributed by atoms with E-state index in [0.29, 0.717) is 13.0 Å². The minimum atomic E-state index is -0.433. The Kier molecular flexibility index (Phi) is 5.99. The van der Waals surface area contributed by atoms with Gasteiger partial charge >= 0.3 is 5.97 Å². The SMILES string of the molecule is CCN(CC(=O)OC)C(=O)CCc1ccc(F)cc1. The number of aryl methyl sites for hydroxylation is 1. The van der Waals surface area contributed by atoms with Crippen molar-refractivity contribution in [3.05, 3.63) is 35.6 Å². The minimum absolute atomic E-state index is 0.0325. The number of rotatable bonds is 6. The van der Waals surface area contributed by atoms with Crippen LogP contribution < -0.4 is 0 Å². The molecule has 1 aromatic rings. The zero-order valence-electron chi connectivity index (χ0n) is 11.2. The zero-order valence-corrected chi connectivity index (χ0v) is 11.2. The lowest BCUT2D eigenvalue weighted by atomic mass is 10.1. The zero-order chi connectivity index (χ0) is 14.3. The van der Waals surface area contributed by atoms with E-state index in [4.69, 9.17) is 0 Å². The van der Waals surface area contributed by atoms with Crippen molar-refractivity contribution in [3.63, 3.8) is 0 Å². The van der Waals surface area contributed by atoms with E-state index >= 15 is 0 Å². The number of ether oxygens (including phenoxy) is 1. The number of carbonyl (C=O) groups is 2. The van der Waals surface area contributed by atoms with Crippen LogP contribution in [0, 0.1) is 5.82 Å². The average molecular weight is 267 g/mol. The van der Waals surface area contributed by atoms with Crippen molar-refractivity contribution in [2.24, 2.45) is 0 Å². The molecular weight excluding hydrogens is 249 g/mol. The van der Waals surface area contributed by atoms with E-state index in [0.717, 1.165) is 5.56 Å². The van der Waals surface area contributed by atoms with Crippen LogP contribution in [0.3, 0.4) is 0 Å². The first-order valence-corrected chi connectivity index (χ1v) is 6.15. The first kappa shape index (κ1) is 15.1. The van der Waals surface area contributed by atoms with Gasteiger partial charge in [-0.25, -0.2) is 4.39 Å². The van der Waals surface area contributed by atoms with E-state index in [9.17, 15) is 14.0 Å². The number of methoxy groups -OCH3 is 1. The summed E-state index contributed by atoms with van der Waals surface area (Å²) in [5.74, 6) is -0.842. The molecule has 19 heavy (non-hydrogen) atoms. The molecule has 4 nitrogen and oxygen atoms in total. The van der Waals surface area contributed by atoms with Crippen molar-refractivity contribution in [3.8, 4) is 0 Å². The summed E-state index contributed by atoms with van der Waals surface area (Å²) >= 11 is 0. The molecule has 0 atom stereocenters. The van der Waals surface area contributed by atoms with Gasteiger partial charge in [-0.1, -0.05) is 12.1 Å². The number of hydrogen-bond donors (Lipinski definition) is 0. The highest BCUT2D eigenvalue weighted by Crippen LogP contribution is 2.07. The number of likely N-dealkylation sites (N-methyl/N-ethyl adjacent to an activating group) is 1. The summed E-state index contributed by atoms with van der Waals surface area (Å²) in [7, 11) is 1.29. The Bertz CT molecular complexity index is 431. The number of halogens is 1. The fourth-order valence-corrected chi connectivity index (χ4v) is 1.66. The maximum Gasteiger partial charge on any atom is 0.325 e. The third-order valence-corrected chi connectivity index (χ3v) is 2.82. The molecule has 0 unspecified atom stereocenters. The predicted molar refractivity (Wildman–Crippen MR) is 69.0 cm³/mol. The van der Waals surface area contributed by atoms with Gasteiger partial charge in [0.1, 0.15) is 12.4 Å². The van der Waals surface area contributed by atoms with Gasteiger partial charge in [0, 0.05) is 13.0 Å². The molecule has 5 heteroatoms. The van der Waals surface area contributed by atoms with Crippen LogP contribution >= 0.6 is 0 Å². The van der Waals surface area contributed by atoms with Crippen LogP contribution in [0.2, 0.25) is 0 Å². The standard InChI is InChI=1S/C14H18FNO3/c1-3-16(10-14(18)19-2)13(17)9-6-11-4-7-12(15)8-5-11/h4-5,7-8H,3,6,9-10H2,1-2H3. The van der Waals surface area contributed by atoms with Gasteiger partial charge in [0.15, 0.2) is 0 Å². The van der Waals surface area contributed by atoms with Crippen LogP contribution in [0.15, 0.2) is 24.3 Å². The van der Waals surface area contributed by atoms with Gasteiger partial charge in [-0.2, -0.15) is 0 Å². The molecule has 0 aliphatic carbocycles. The second-order valence-electron chi connectivity index (χ2n) is 4.11. The van der Waals surface area contributed by atoms with E-state index in [1.165, 1.54) is 24.1 Å². The second-order valence-corrected chi connectivity index (χ2v) is 4.11. The van der Waals surface area contributed by atoms with Gasteiger partial charge in [-0.3, -0.25) is 9.59 Å². The lowest BCUT2D eigenvalue weighted by molar-refractivity contribution is -0.146. The van der Waals surface area contributed by atoms with E-state index in [-0.39, 0.29) is 24.7 Å². The number of hydrogen-bond acceptors (Lipinski definition) is 3. The number of carbonyl (C=O) groups excluding carboxylic acids is 2. The Morgan fingerprint density at radius 3 is 2.42 bits per heavy atom. The summed E-state index contributed by atoms with van der Waals surface area (Å²) in [4.78, 5) is 24.5. The maximum absolute atomic E-state index is 12.7. The Balaban J connectivity index is 2.48. The van der Waals surface area contributed by atoms with Crippen molar-refractivity contribution < 1.29 is 18.7 Å². The van der Waals surface area contributed by atoms with E-state index in [2.05, 4.69) is 4.74 Å². The molecule has 1 aromatic carbocycles. The molecule has 0 N–H and O–H groups in total. The van der Waals surface area contributed by atoms with Crippen LogP contribution in [-0.4, -0.2) is 37.0 Å². The molecule has 0 radical (unpaired) electrons. The Labute approximate surface area is 112 Å². The van der Waals surface area contributed by atoms with E-state index < -0.39 is 5.97 Å². The summed E-state index contributed by atoms with van der Waals surface area (Å²) in [6.07, 6.45) is 0.813. The highest BCUT2D eigenvalue weighted by atomic mass is 19.1. The van der Waals surface area contributed by atoms with Gasteiger partial charge in [-0.15, -0.1) is 0 Å². The van der Waals surface area contributed by atoms with Crippen molar-refractivity contribution in [1.29, 1.82) is 0 Å². The van der Waals surface area contributed by atoms with Gasteiger partial charge in [0.05, 0.1) is 7.11 Å². The molecule has 1 amide bonds. The molecule has 1 rings (SSSR count). The average Bonchev–Trinajstić information content (AvgIpc) is 2.43. The summed E-state index contributed by atoms with van der Waals surface area (Å²) < 4.78 is 17.3.